The predicted molar refractivity (Wildman–Crippen MR) is 45.4 cm³/mol. The summed E-state index contributed by atoms with van der Waals surface area (Å²) in [5.74, 6) is 0.269. The van der Waals surface area contributed by atoms with Crippen LogP contribution in [0.25, 0.3) is 0 Å². The highest BCUT2D eigenvalue weighted by Gasteiger charge is 2.06. The second-order valence-electron chi connectivity index (χ2n) is 2.16. The molecule has 0 saturated heterocycles. The Morgan fingerprint density at radius 3 is 1.92 bits per heavy atom. The van der Waals surface area contributed by atoms with E-state index >= 15 is 0 Å². The van der Waals surface area contributed by atoms with E-state index < -0.39 is 0 Å². The minimum atomic E-state index is -0.0151. The van der Waals surface area contributed by atoms with Crippen molar-refractivity contribution < 1.29 is 0 Å². The Kier molecular flexibility index (Phi) is 4.33. The van der Waals surface area contributed by atoms with Crippen LogP contribution in [0.15, 0.2) is 11.4 Å². The summed E-state index contributed by atoms with van der Waals surface area (Å²) in [6, 6.07) is 3.50. The Morgan fingerprint density at radius 2 is 1.67 bits per heavy atom. The van der Waals surface area contributed by atoms with Crippen molar-refractivity contribution in [1.82, 2.24) is 4.90 Å². The molecule has 0 bridgehead atoms. The predicted octanol–water partition coefficient (Wildman–Crippen LogP) is 0.546. The summed E-state index contributed by atoms with van der Waals surface area (Å²) in [5, 5.41) is 17.0. The van der Waals surface area contributed by atoms with Gasteiger partial charge in [-0.3, -0.25) is 0 Å². The molecule has 4 nitrogen and oxygen atoms in total. The summed E-state index contributed by atoms with van der Waals surface area (Å²) in [4.78, 5) is 1.77. The molecule has 12 heavy (non-hydrogen) atoms. The average Bonchev–Trinajstić information content (AvgIpc) is 2.09. The van der Waals surface area contributed by atoms with E-state index in [1.165, 1.54) is 0 Å². The zero-order valence-corrected chi connectivity index (χ0v) is 7.33. The van der Waals surface area contributed by atoms with Crippen molar-refractivity contribution in [3.8, 4) is 12.1 Å². The third kappa shape index (κ3) is 2.17. The standard InChI is InChI=1S/C8H12N4/c1-3-12(4-2)8(11)7(5-9)6-10/h3-4,11H2,1-2H3. The van der Waals surface area contributed by atoms with Crippen LogP contribution < -0.4 is 5.73 Å². The molecule has 0 aromatic rings. The van der Waals surface area contributed by atoms with Crippen LogP contribution >= 0.6 is 0 Å². The second-order valence-corrected chi connectivity index (χ2v) is 2.16. The van der Waals surface area contributed by atoms with Gasteiger partial charge in [0.2, 0.25) is 0 Å². The van der Waals surface area contributed by atoms with Gasteiger partial charge in [0.1, 0.15) is 18.0 Å². The Hall–Kier alpha value is -1.68. The van der Waals surface area contributed by atoms with E-state index in [4.69, 9.17) is 16.3 Å². The molecule has 4 heteroatoms. The molecule has 0 unspecified atom stereocenters. The fraction of sp³-hybridized carbons (Fsp3) is 0.500. The van der Waals surface area contributed by atoms with Crippen LogP contribution in [0, 0.1) is 22.7 Å². The molecule has 0 rings (SSSR count). The van der Waals surface area contributed by atoms with E-state index in [0.29, 0.717) is 13.1 Å². The highest BCUT2D eigenvalue weighted by Crippen LogP contribution is 2.02. The molecule has 0 aliphatic carbocycles. The highest BCUT2D eigenvalue weighted by molar-refractivity contribution is 5.38. The van der Waals surface area contributed by atoms with Gasteiger partial charge < -0.3 is 10.6 Å². The maximum Gasteiger partial charge on any atom is 0.169 e. The van der Waals surface area contributed by atoms with E-state index in [-0.39, 0.29) is 11.4 Å². The van der Waals surface area contributed by atoms with Gasteiger partial charge in [-0.1, -0.05) is 0 Å². The smallest absolute Gasteiger partial charge is 0.169 e. The Labute approximate surface area is 72.5 Å². The number of nitrogens with zero attached hydrogens (tertiary/aromatic N) is 3. The molecule has 0 heterocycles. The van der Waals surface area contributed by atoms with E-state index in [9.17, 15) is 0 Å². The molecule has 0 radical (unpaired) electrons. The van der Waals surface area contributed by atoms with Crippen molar-refractivity contribution in [2.24, 2.45) is 5.73 Å². The van der Waals surface area contributed by atoms with Gasteiger partial charge in [0, 0.05) is 13.1 Å². The molecular weight excluding hydrogens is 152 g/mol. The van der Waals surface area contributed by atoms with Gasteiger partial charge in [0.15, 0.2) is 5.57 Å². The molecule has 2 N–H and O–H groups in total. The average molecular weight is 164 g/mol. The zero-order valence-electron chi connectivity index (χ0n) is 7.33. The van der Waals surface area contributed by atoms with Gasteiger partial charge in [-0.15, -0.1) is 0 Å². The van der Waals surface area contributed by atoms with Gasteiger partial charge in [0.25, 0.3) is 0 Å². The van der Waals surface area contributed by atoms with Crippen LogP contribution in [0.4, 0.5) is 0 Å². The number of nitriles is 2. The number of hydrogen-bond donors (Lipinski definition) is 1. The molecule has 0 amide bonds. The van der Waals surface area contributed by atoms with E-state index in [1.807, 2.05) is 13.8 Å². The Morgan fingerprint density at radius 1 is 1.25 bits per heavy atom. The maximum atomic E-state index is 8.50. The highest BCUT2D eigenvalue weighted by atomic mass is 15.2. The molecule has 0 fully saturated rings. The number of allylic oxidation sites excluding steroid dienone is 1. The first-order chi connectivity index (χ1) is 5.71. The van der Waals surface area contributed by atoms with E-state index in [0.717, 1.165) is 0 Å². The summed E-state index contributed by atoms with van der Waals surface area (Å²) in [6.07, 6.45) is 0. The van der Waals surface area contributed by atoms with Crippen molar-refractivity contribution in [2.45, 2.75) is 13.8 Å². The fourth-order valence-electron chi connectivity index (χ4n) is 0.862. The Balaban J connectivity index is 4.77. The zero-order chi connectivity index (χ0) is 9.56. The summed E-state index contributed by atoms with van der Waals surface area (Å²) >= 11 is 0. The molecule has 0 aliphatic heterocycles. The molecule has 0 aromatic heterocycles. The van der Waals surface area contributed by atoms with Crippen LogP contribution in [-0.2, 0) is 0 Å². The van der Waals surface area contributed by atoms with Gasteiger partial charge in [-0.05, 0) is 13.8 Å². The summed E-state index contributed by atoms with van der Waals surface area (Å²) in [5.41, 5.74) is 5.55. The first-order valence-electron chi connectivity index (χ1n) is 3.76. The van der Waals surface area contributed by atoms with Gasteiger partial charge in [-0.25, -0.2) is 0 Å². The maximum absolute atomic E-state index is 8.50. The molecular formula is C8H12N4. The van der Waals surface area contributed by atoms with Crippen LogP contribution in [0.3, 0.4) is 0 Å². The number of nitrogens with two attached hydrogens (primary N) is 1. The lowest BCUT2D eigenvalue weighted by Gasteiger charge is -2.20. The van der Waals surface area contributed by atoms with Crippen LogP contribution in [-0.4, -0.2) is 18.0 Å². The van der Waals surface area contributed by atoms with Crippen molar-refractivity contribution in [1.29, 1.82) is 10.5 Å². The van der Waals surface area contributed by atoms with Crippen LogP contribution in [0.2, 0.25) is 0 Å². The summed E-state index contributed by atoms with van der Waals surface area (Å²) < 4.78 is 0. The third-order valence-corrected chi connectivity index (χ3v) is 1.58. The second kappa shape index (κ2) is 5.03. The van der Waals surface area contributed by atoms with E-state index in [2.05, 4.69) is 0 Å². The fourth-order valence-corrected chi connectivity index (χ4v) is 0.862. The molecule has 0 spiro atoms. The molecule has 0 aromatic carbocycles. The number of rotatable bonds is 3. The summed E-state index contributed by atoms with van der Waals surface area (Å²) in [6.45, 7) is 5.25. The largest absolute Gasteiger partial charge is 0.384 e. The summed E-state index contributed by atoms with van der Waals surface area (Å²) in [7, 11) is 0. The monoisotopic (exact) mass is 164 g/mol. The number of hydrogen-bond acceptors (Lipinski definition) is 4. The van der Waals surface area contributed by atoms with Crippen molar-refractivity contribution in [3.63, 3.8) is 0 Å². The van der Waals surface area contributed by atoms with E-state index in [1.54, 1.807) is 17.0 Å². The van der Waals surface area contributed by atoms with Crippen molar-refractivity contribution in [3.05, 3.63) is 11.4 Å². The lowest BCUT2D eigenvalue weighted by Crippen LogP contribution is -2.28. The third-order valence-electron chi connectivity index (χ3n) is 1.58. The van der Waals surface area contributed by atoms with Crippen LogP contribution in [0.1, 0.15) is 13.8 Å². The minimum absolute atomic E-state index is 0.0151. The minimum Gasteiger partial charge on any atom is -0.384 e. The lowest BCUT2D eigenvalue weighted by atomic mass is 10.3. The molecule has 0 saturated carbocycles. The van der Waals surface area contributed by atoms with Gasteiger partial charge in [-0.2, -0.15) is 10.5 Å². The van der Waals surface area contributed by atoms with Crippen molar-refractivity contribution in [2.75, 3.05) is 13.1 Å². The van der Waals surface area contributed by atoms with Crippen molar-refractivity contribution >= 4 is 0 Å². The lowest BCUT2D eigenvalue weighted by molar-refractivity contribution is 0.376. The quantitative estimate of drug-likeness (QED) is 0.618. The normalized spacial score (nSPS) is 8.00. The topological polar surface area (TPSA) is 76.8 Å². The SMILES string of the molecule is CCN(CC)C(N)=C(C#N)C#N. The molecule has 0 aliphatic rings. The van der Waals surface area contributed by atoms with Gasteiger partial charge >= 0.3 is 0 Å². The first kappa shape index (κ1) is 10.3. The van der Waals surface area contributed by atoms with Crippen LogP contribution in [0.5, 0.6) is 0 Å². The molecule has 0 atom stereocenters. The Bertz CT molecular complexity index is 233. The molecule has 64 valence electrons. The van der Waals surface area contributed by atoms with Gasteiger partial charge in [0.05, 0.1) is 0 Å². The first-order valence-corrected chi connectivity index (χ1v) is 3.76.